The molecule has 0 unspecified atom stereocenters. The van der Waals surface area contributed by atoms with Crippen LogP contribution in [-0.2, 0) is 0 Å². The normalized spacial score (nSPS) is 24.8. The van der Waals surface area contributed by atoms with E-state index in [1.807, 2.05) is 0 Å². The van der Waals surface area contributed by atoms with Crippen LogP contribution in [0.25, 0.3) is 11.0 Å². The summed E-state index contributed by atoms with van der Waals surface area (Å²) in [5.74, 6) is 0.539. The Morgan fingerprint density at radius 1 is 1.26 bits per heavy atom. The van der Waals surface area contributed by atoms with E-state index in [0.717, 1.165) is 5.39 Å². The molecule has 1 aliphatic rings. The number of alkyl halides is 1. The molecule has 0 amide bonds. The van der Waals surface area contributed by atoms with E-state index in [-0.39, 0.29) is 0 Å². The Hall–Kier alpha value is -1.52. The fourth-order valence-corrected chi connectivity index (χ4v) is 2.85. The highest BCUT2D eigenvalue weighted by Crippen LogP contribution is 2.46. The van der Waals surface area contributed by atoms with Crippen molar-refractivity contribution in [3.05, 3.63) is 40.2 Å². The zero-order valence-electron chi connectivity index (χ0n) is 10.5. The number of fused-ring (bicyclic) bond motifs is 3. The highest BCUT2D eigenvalue weighted by molar-refractivity contribution is 6.22. The third kappa shape index (κ3) is 1.83. The largest absolute Gasteiger partial charge is 0.485 e. The van der Waals surface area contributed by atoms with Crippen LogP contribution in [0.1, 0.15) is 24.8 Å². The van der Waals surface area contributed by atoms with Gasteiger partial charge in [-0.2, -0.15) is 0 Å². The van der Waals surface area contributed by atoms with Crippen LogP contribution in [-0.4, -0.2) is 16.8 Å². The average Bonchev–Trinajstić information content (AvgIpc) is 2.35. The van der Waals surface area contributed by atoms with E-state index in [9.17, 15) is 9.90 Å². The Morgan fingerprint density at radius 2 is 1.95 bits per heavy atom. The van der Waals surface area contributed by atoms with Gasteiger partial charge in [-0.3, -0.25) is 0 Å². The number of hydrogen-bond donors (Lipinski definition) is 1. The number of aliphatic hydroxyl groups is 1. The van der Waals surface area contributed by atoms with Crippen molar-refractivity contribution in [2.75, 3.05) is 0 Å². The van der Waals surface area contributed by atoms with Gasteiger partial charge in [0.25, 0.3) is 0 Å². The van der Waals surface area contributed by atoms with Crippen LogP contribution in [0.5, 0.6) is 5.75 Å². The summed E-state index contributed by atoms with van der Waals surface area (Å²) in [6.07, 6.45) is -0.891. The zero-order valence-corrected chi connectivity index (χ0v) is 11.3. The maximum Gasteiger partial charge on any atom is 0.336 e. The first-order chi connectivity index (χ1) is 8.90. The molecule has 5 heteroatoms. The Morgan fingerprint density at radius 3 is 2.68 bits per heavy atom. The molecule has 0 spiro atoms. The van der Waals surface area contributed by atoms with Crippen molar-refractivity contribution in [3.63, 3.8) is 0 Å². The fourth-order valence-electron chi connectivity index (χ4n) is 2.34. The van der Waals surface area contributed by atoms with Crippen molar-refractivity contribution < 1.29 is 14.3 Å². The van der Waals surface area contributed by atoms with Gasteiger partial charge in [0, 0.05) is 11.5 Å². The van der Waals surface area contributed by atoms with Crippen molar-refractivity contribution in [1.29, 1.82) is 0 Å². The third-order valence-corrected chi connectivity index (χ3v) is 3.88. The minimum atomic E-state index is -0.891. The predicted molar refractivity (Wildman–Crippen MR) is 71.8 cm³/mol. The van der Waals surface area contributed by atoms with E-state index >= 15 is 0 Å². The Labute approximate surface area is 114 Å². The predicted octanol–water partition coefficient (Wildman–Crippen LogP) is 2.60. The maximum atomic E-state index is 11.4. The number of rotatable bonds is 0. The molecule has 0 aliphatic carbocycles. The molecule has 100 valence electrons. The van der Waals surface area contributed by atoms with Gasteiger partial charge in [0.15, 0.2) is 0 Å². The van der Waals surface area contributed by atoms with E-state index in [0.29, 0.717) is 16.9 Å². The minimum absolute atomic E-state index is 0.375. The SMILES string of the molecule is CC1(C)Oc2ccc3ccc(=O)oc3c2[C@@H](Cl)[C@H]1O. The van der Waals surface area contributed by atoms with Crippen LogP contribution in [0.2, 0.25) is 0 Å². The first kappa shape index (κ1) is 12.5. The summed E-state index contributed by atoms with van der Waals surface area (Å²) in [7, 11) is 0. The highest BCUT2D eigenvalue weighted by atomic mass is 35.5. The average molecular weight is 281 g/mol. The molecule has 0 saturated carbocycles. The summed E-state index contributed by atoms with van der Waals surface area (Å²) in [4.78, 5) is 11.4. The van der Waals surface area contributed by atoms with Crippen LogP contribution in [0, 0.1) is 0 Å². The molecule has 1 aliphatic heterocycles. The molecule has 3 rings (SSSR count). The fraction of sp³-hybridized carbons (Fsp3) is 0.357. The van der Waals surface area contributed by atoms with Gasteiger partial charge in [0.2, 0.25) is 0 Å². The molecule has 1 aromatic carbocycles. The molecule has 1 aromatic heterocycles. The summed E-state index contributed by atoms with van der Waals surface area (Å²) in [5.41, 5.74) is -0.338. The summed E-state index contributed by atoms with van der Waals surface area (Å²) < 4.78 is 11.0. The number of hydrogen-bond acceptors (Lipinski definition) is 4. The summed E-state index contributed by atoms with van der Waals surface area (Å²) in [6, 6.07) is 6.59. The molecular weight excluding hydrogens is 268 g/mol. The Balaban J connectivity index is 2.33. The van der Waals surface area contributed by atoms with Gasteiger partial charge in [-0.25, -0.2) is 4.79 Å². The molecule has 2 heterocycles. The molecule has 19 heavy (non-hydrogen) atoms. The quantitative estimate of drug-likeness (QED) is 0.595. The second-order valence-corrected chi connectivity index (χ2v) is 5.67. The second kappa shape index (κ2) is 3.99. The second-order valence-electron chi connectivity index (χ2n) is 5.20. The van der Waals surface area contributed by atoms with E-state index in [1.54, 1.807) is 32.0 Å². The maximum absolute atomic E-state index is 11.4. The molecule has 1 N–H and O–H groups in total. The van der Waals surface area contributed by atoms with Gasteiger partial charge in [0.1, 0.15) is 23.0 Å². The van der Waals surface area contributed by atoms with Crippen molar-refractivity contribution >= 4 is 22.6 Å². The standard InChI is InChI=1S/C14H13ClO4/c1-14(2)13(17)11(15)10-8(19-14)5-3-7-4-6-9(16)18-12(7)10/h3-6,11,13,17H,1-2H3/t11-,13-/m1/s1. The van der Waals surface area contributed by atoms with Crippen LogP contribution in [0.4, 0.5) is 0 Å². The van der Waals surface area contributed by atoms with Crippen LogP contribution in [0.3, 0.4) is 0 Å². The molecule has 2 atom stereocenters. The number of halogens is 1. The van der Waals surface area contributed by atoms with E-state index in [4.69, 9.17) is 20.8 Å². The minimum Gasteiger partial charge on any atom is -0.485 e. The molecule has 0 bridgehead atoms. The first-order valence-electron chi connectivity index (χ1n) is 5.98. The van der Waals surface area contributed by atoms with Gasteiger partial charge in [-0.1, -0.05) is 0 Å². The van der Waals surface area contributed by atoms with Crippen LogP contribution >= 0.6 is 11.6 Å². The molecule has 4 nitrogen and oxygen atoms in total. The van der Waals surface area contributed by atoms with Crippen molar-refractivity contribution in [1.82, 2.24) is 0 Å². The molecular formula is C14H13ClO4. The summed E-state index contributed by atoms with van der Waals surface area (Å²) >= 11 is 6.32. The van der Waals surface area contributed by atoms with Gasteiger partial charge < -0.3 is 14.3 Å². The summed E-state index contributed by atoms with van der Waals surface area (Å²) in [5, 5.41) is 10.3. The topological polar surface area (TPSA) is 59.7 Å². The lowest BCUT2D eigenvalue weighted by Gasteiger charge is -2.39. The number of aliphatic hydroxyl groups excluding tert-OH is 1. The third-order valence-electron chi connectivity index (χ3n) is 3.43. The molecule has 2 aromatic rings. The summed E-state index contributed by atoms with van der Waals surface area (Å²) in [6.45, 7) is 3.53. The van der Waals surface area contributed by atoms with Gasteiger partial charge in [-0.15, -0.1) is 11.6 Å². The lowest BCUT2D eigenvalue weighted by atomic mass is 9.90. The van der Waals surface area contributed by atoms with Gasteiger partial charge in [-0.05, 0) is 32.0 Å². The van der Waals surface area contributed by atoms with Crippen molar-refractivity contribution in [3.8, 4) is 5.75 Å². The van der Waals surface area contributed by atoms with E-state index in [2.05, 4.69) is 0 Å². The molecule has 0 saturated heterocycles. The van der Waals surface area contributed by atoms with Crippen LogP contribution in [0.15, 0.2) is 33.5 Å². The van der Waals surface area contributed by atoms with E-state index < -0.39 is 22.7 Å². The first-order valence-corrected chi connectivity index (χ1v) is 6.42. The van der Waals surface area contributed by atoms with Gasteiger partial charge >= 0.3 is 5.63 Å². The lowest BCUT2D eigenvalue weighted by Crippen LogP contribution is -2.47. The molecule has 0 radical (unpaired) electrons. The number of ether oxygens (including phenoxy) is 1. The van der Waals surface area contributed by atoms with Crippen LogP contribution < -0.4 is 10.4 Å². The monoisotopic (exact) mass is 280 g/mol. The van der Waals surface area contributed by atoms with Gasteiger partial charge in [0.05, 0.1) is 10.9 Å². The Bertz CT molecular complexity index is 704. The van der Waals surface area contributed by atoms with Crippen molar-refractivity contribution in [2.24, 2.45) is 0 Å². The van der Waals surface area contributed by atoms with Crippen molar-refractivity contribution in [2.45, 2.75) is 30.9 Å². The highest BCUT2D eigenvalue weighted by Gasteiger charge is 2.43. The number of benzene rings is 1. The lowest BCUT2D eigenvalue weighted by molar-refractivity contribution is -0.0440. The Kier molecular flexibility index (Phi) is 2.62. The van der Waals surface area contributed by atoms with E-state index in [1.165, 1.54) is 6.07 Å². The zero-order chi connectivity index (χ0) is 13.8. The molecule has 0 fully saturated rings. The smallest absolute Gasteiger partial charge is 0.336 e.